The van der Waals surface area contributed by atoms with Crippen LogP contribution in [0, 0.1) is 10.6 Å². The van der Waals surface area contributed by atoms with E-state index in [2.05, 4.69) is 29.0 Å². The molecular formula is C13H17N3S. The standard InChI is InChI=1S/C13H17N3S/c1-9-4-5-10-11(8-9)14-12(15-13(10)17)6-7-16(2)3/h4-7,9H,8H2,1-3H3,(H,14,15,17). The number of hydrogen-bond acceptors (Lipinski definition) is 3. The molecule has 1 aromatic rings. The Morgan fingerprint density at radius 2 is 2.29 bits per heavy atom. The molecule has 0 aromatic carbocycles. The van der Waals surface area contributed by atoms with Crippen molar-refractivity contribution in [1.82, 2.24) is 14.9 Å². The van der Waals surface area contributed by atoms with Crippen LogP contribution in [0.1, 0.15) is 24.0 Å². The Morgan fingerprint density at radius 1 is 1.53 bits per heavy atom. The lowest BCUT2D eigenvalue weighted by atomic mass is 9.96. The summed E-state index contributed by atoms with van der Waals surface area (Å²) in [6.45, 7) is 2.20. The number of aromatic nitrogens is 2. The fourth-order valence-corrected chi connectivity index (χ4v) is 2.12. The molecule has 1 unspecified atom stereocenters. The number of fused-ring (bicyclic) bond motifs is 1. The van der Waals surface area contributed by atoms with Crippen LogP contribution in [0.5, 0.6) is 0 Å². The van der Waals surface area contributed by atoms with Crippen molar-refractivity contribution < 1.29 is 0 Å². The van der Waals surface area contributed by atoms with E-state index in [9.17, 15) is 0 Å². The zero-order valence-electron chi connectivity index (χ0n) is 10.4. The first kappa shape index (κ1) is 12.0. The molecule has 0 radical (unpaired) electrons. The number of hydrogen-bond donors (Lipinski definition) is 1. The Balaban J connectivity index is 2.41. The average Bonchev–Trinajstić information content (AvgIpc) is 2.25. The summed E-state index contributed by atoms with van der Waals surface area (Å²) < 4.78 is 0.681. The summed E-state index contributed by atoms with van der Waals surface area (Å²) in [6, 6.07) is 0. The van der Waals surface area contributed by atoms with Crippen LogP contribution in [0.3, 0.4) is 0 Å². The van der Waals surface area contributed by atoms with E-state index in [1.807, 2.05) is 31.3 Å². The molecule has 1 N–H and O–H groups in total. The third-order valence-corrected chi connectivity index (χ3v) is 3.02. The Bertz CT molecular complexity index is 526. The van der Waals surface area contributed by atoms with Gasteiger partial charge in [-0.05, 0) is 18.4 Å². The van der Waals surface area contributed by atoms with Gasteiger partial charge in [-0.25, -0.2) is 4.98 Å². The number of nitrogens with one attached hydrogen (secondary N) is 1. The first-order valence-corrected chi connectivity index (χ1v) is 6.13. The normalized spacial score (nSPS) is 18.4. The molecule has 4 heteroatoms. The van der Waals surface area contributed by atoms with Gasteiger partial charge in [0.2, 0.25) is 0 Å². The molecule has 90 valence electrons. The number of rotatable bonds is 2. The summed E-state index contributed by atoms with van der Waals surface area (Å²) in [7, 11) is 3.96. The topological polar surface area (TPSA) is 31.9 Å². The van der Waals surface area contributed by atoms with Crippen LogP contribution in [-0.2, 0) is 6.42 Å². The largest absolute Gasteiger partial charge is 0.383 e. The molecule has 3 nitrogen and oxygen atoms in total. The molecule has 0 bridgehead atoms. The molecule has 0 fully saturated rings. The van der Waals surface area contributed by atoms with Crippen molar-refractivity contribution in [2.24, 2.45) is 5.92 Å². The lowest BCUT2D eigenvalue weighted by Crippen LogP contribution is -2.09. The number of nitrogens with zero attached hydrogens (tertiary/aromatic N) is 2. The van der Waals surface area contributed by atoms with Crippen LogP contribution in [0.4, 0.5) is 0 Å². The molecule has 1 heterocycles. The van der Waals surface area contributed by atoms with Gasteiger partial charge in [0.15, 0.2) is 0 Å². The molecule has 1 aromatic heterocycles. The average molecular weight is 247 g/mol. The smallest absolute Gasteiger partial charge is 0.137 e. The molecule has 0 amide bonds. The lowest BCUT2D eigenvalue weighted by molar-refractivity contribution is 0.567. The van der Waals surface area contributed by atoms with Crippen molar-refractivity contribution >= 4 is 24.4 Å². The Labute approximate surface area is 107 Å². The Kier molecular flexibility index (Phi) is 3.43. The zero-order valence-corrected chi connectivity index (χ0v) is 11.2. The molecule has 0 aliphatic heterocycles. The summed E-state index contributed by atoms with van der Waals surface area (Å²) >= 11 is 5.32. The van der Waals surface area contributed by atoms with Gasteiger partial charge in [0.1, 0.15) is 10.5 Å². The molecule has 0 saturated carbocycles. The fourth-order valence-electron chi connectivity index (χ4n) is 1.83. The predicted molar refractivity (Wildman–Crippen MR) is 74.0 cm³/mol. The summed E-state index contributed by atoms with van der Waals surface area (Å²) in [5.74, 6) is 1.38. The van der Waals surface area contributed by atoms with E-state index in [1.165, 1.54) is 5.69 Å². The third kappa shape index (κ3) is 2.82. The van der Waals surface area contributed by atoms with Gasteiger partial charge < -0.3 is 9.88 Å². The Morgan fingerprint density at radius 3 is 3.00 bits per heavy atom. The highest BCUT2D eigenvalue weighted by Gasteiger charge is 2.12. The van der Waals surface area contributed by atoms with Crippen LogP contribution >= 0.6 is 12.2 Å². The minimum Gasteiger partial charge on any atom is -0.383 e. The third-order valence-electron chi connectivity index (χ3n) is 2.70. The minimum atomic E-state index is 0.557. The van der Waals surface area contributed by atoms with Gasteiger partial charge in [-0.3, -0.25) is 0 Å². The van der Waals surface area contributed by atoms with Crippen molar-refractivity contribution in [3.05, 3.63) is 34.0 Å². The second-order valence-electron chi connectivity index (χ2n) is 4.64. The van der Waals surface area contributed by atoms with E-state index in [1.54, 1.807) is 0 Å². The Hall–Kier alpha value is -1.42. The molecule has 1 aliphatic rings. The van der Waals surface area contributed by atoms with Gasteiger partial charge in [0, 0.05) is 31.6 Å². The zero-order chi connectivity index (χ0) is 12.4. The number of H-pyrrole nitrogens is 1. The van der Waals surface area contributed by atoms with Gasteiger partial charge in [0.25, 0.3) is 0 Å². The van der Waals surface area contributed by atoms with Gasteiger partial charge in [0.05, 0.1) is 0 Å². The maximum atomic E-state index is 5.32. The lowest BCUT2D eigenvalue weighted by Gasteiger charge is -2.16. The van der Waals surface area contributed by atoms with Crippen LogP contribution in [0.25, 0.3) is 12.2 Å². The van der Waals surface area contributed by atoms with Crippen molar-refractivity contribution in [2.45, 2.75) is 13.3 Å². The van der Waals surface area contributed by atoms with E-state index in [4.69, 9.17) is 12.2 Å². The van der Waals surface area contributed by atoms with E-state index >= 15 is 0 Å². The van der Waals surface area contributed by atoms with E-state index in [0.29, 0.717) is 10.6 Å². The highest BCUT2D eigenvalue weighted by molar-refractivity contribution is 7.71. The number of aromatic amines is 1. The quantitative estimate of drug-likeness (QED) is 0.816. The van der Waals surface area contributed by atoms with E-state index in [0.717, 1.165) is 17.8 Å². The summed E-state index contributed by atoms with van der Waals surface area (Å²) in [4.78, 5) is 9.70. The van der Waals surface area contributed by atoms with Crippen molar-refractivity contribution in [1.29, 1.82) is 0 Å². The van der Waals surface area contributed by atoms with E-state index < -0.39 is 0 Å². The van der Waals surface area contributed by atoms with Gasteiger partial charge in [-0.15, -0.1) is 0 Å². The van der Waals surface area contributed by atoms with Gasteiger partial charge in [-0.1, -0.05) is 31.3 Å². The second kappa shape index (κ2) is 4.84. The minimum absolute atomic E-state index is 0.557. The highest BCUT2D eigenvalue weighted by atomic mass is 32.1. The summed E-state index contributed by atoms with van der Waals surface area (Å²) in [6.07, 6.45) is 9.17. The second-order valence-corrected chi connectivity index (χ2v) is 5.03. The molecule has 17 heavy (non-hydrogen) atoms. The van der Waals surface area contributed by atoms with Crippen LogP contribution in [0.15, 0.2) is 12.3 Å². The monoisotopic (exact) mass is 247 g/mol. The van der Waals surface area contributed by atoms with E-state index in [-0.39, 0.29) is 0 Å². The molecule has 0 saturated heterocycles. The van der Waals surface area contributed by atoms with Crippen molar-refractivity contribution in [3.63, 3.8) is 0 Å². The molecular weight excluding hydrogens is 230 g/mol. The molecule has 1 atom stereocenters. The maximum Gasteiger partial charge on any atom is 0.137 e. The van der Waals surface area contributed by atoms with Crippen molar-refractivity contribution in [2.75, 3.05) is 14.1 Å². The van der Waals surface area contributed by atoms with Gasteiger partial charge >= 0.3 is 0 Å². The van der Waals surface area contributed by atoms with Crippen LogP contribution < -0.4 is 0 Å². The molecule has 2 rings (SSSR count). The van der Waals surface area contributed by atoms with Crippen LogP contribution in [0.2, 0.25) is 0 Å². The van der Waals surface area contributed by atoms with Crippen LogP contribution in [-0.4, -0.2) is 29.0 Å². The van der Waals surface area contributed by atoms with Crippen molar-refractivity contribution in [3.8, 4) is 0 Å². The summed E-state index contributed by atoms with van der Waals surface area (Å²) in [5.41, 5.74) is 2.26. The first-order chi connectivity index (χ1) is 8.06. The SMILES string of the molecule is CC1C=Cc2c([nH]c(C=CN(C)C)nc2=S)C1. The predicted octanol–water partition coefficient (Wildman–Crippen LogP) is 2.88. The maximum absolute atomic E-state index is 5.32. The molecule has 1 aliphatic carbocycles. The highest BCUT2D eigenvalue weighted by Crippen LogP contribution is 2.21. The summed E-state index contributed by atoms with van der Waals surface area (Å²) in [5, 5.41) is 0. The van der Waals surface area contributed by atoms with Gasteiger partial charge in [-0.2, -0.15) is 0 Å². The number of allylic oxidation sites excluding steroid dienone is 1. The first-order valence-electron chi connectivity index (χ1n) is 5.72. The fraction of sp³-hybridized carbons (Fsp3) is 0.385. The molecule has 0 spiro atoms.